The first kappa shape index (κ1) is 10.4. The van der Waals surface area contributed by atoms with Crippen LogP contribution in [-0.4, -0.2) is 23.6 Å². The molecular weight excluding hydrogens is 188 g/mol. The molecule has 3 nitrogen and oxygen atoms in total. The lowest BCUT2D eigenvalue weighted by molar-refractivity contribution is 0.230. The second kappa shape index (κ2) is 5.12. The van der Waals surface area contributed by atoms with Crippen LogP contribution in [0, 0.1) is 5.92 Å². The van der Waals surface area contributed by atoms with Gasteiger partial charge in [0.1, 0.15) is 0 Å². The molecule has 2 rings (SSSR count). The predicted molar refractivity (Wildman–Crippen MR) is 59.3 cm³/mol. The molecule has 3 heteroatoms. The van der Waals surface area contributed by atoms with Crippen molar-refractivity contribution >= 4 is 0 Å². The van der Waals surface area contributed by atoms with Crippen LogP contribution in [-0.2, 0) is 6.54 Å². The van der Waals surface area contributed by atoms with E-state index >= 15 is 0 Å². The Hall–Kier alpha value is -1.09. The summed E-state index contributed by atoms with van der Waals surface area (Å²) >= 11 is 0. The number of aromatic nitrogens is 1. The Kier molecular flexibility index (Phi) is 3.56. The van der Waals surface area contributed by atoms with Crippen LogP contribution in [0.15, 0.2) is 28.9 Å². The zero-order chi connectivity index (χ0) is 10.5. The van der Waals surface area contributed by atoms with Gasteiger partial charge in [0.15, 0.2) is 5.76 Å². The maximum Gasteiger partial charge on any atom is 0.150 e. The minimum atomic E-state index is 0.808. The van der Waals surface area contributed by atoms with Gasteiger partial charge in [-0.2, -0.15) is 0 Å². The lowest BCUT2D eigenvalue weighted by atomic mass is 9.94. The standard InChI is InChI=1S/C12H18N2O/c1-14(10-12-7-8-13-15-12)9-11-5-3-2-4-6-11/h2-3,7-8,11H,4-6,9-10H2,1H3. The van der Waals surface area contributed by atoms with E-state index in [-0.39, 0.29) is 0 Å². The summed E-state index contributed by atoms with van der Waals surface area (Å²) in [5.41, 5.74) is 0. The fourth-order valence-corrected chi connectivity index (χ4v) is 2.12. The summed E-state index contributed by atoms with van der Waals surface area (Å²) in [6.07, 6.45) is 10.1. The van der Waals surface area contributed by atoms with Gasteiger partial charge in [0, 0.05) is 12.6 Å². The van der Waals surface area contributed by atoms with E-state index in [0.717, 1.165) is 24.8 Å². The quantitative estimate of drug-likeness (QED) is 0.709. The van der Waals surface area contributed by atoms with Gasteiger partial charge in [-0.05, 0) is 32.2 Å². The first-order chi connectivity index (χ1) is 7.34. The molecule has 1 atom stereocenters. The molecule has 1 aliphatic carbocycles. The van der Waals surface area contributed by atoms with Gasteiger partial charge in [-0.3, -0.25) is 4.90 Å². The highest BCUT2D eigenvalue weighted by molar-refractivity contribution is 4.94. The minimum Gasteiger partial charge on any atom is -0.360 e. The fraction of sp³-hybridized carbons (Fsp3) is 0.583. The van der Waals surface area contributed by atoms with Gasteiger partial charge < -0.3 is 4.52 Å². The highest BCUT2D eigenvalue weighted by atomic mass is 16.5. The summed E-state index contributed by atoms with van der Waals surface area (Å²) in [4.78, 5) is 2.31. The van der Waals surface area contributed by atoms with Gasteiger partial charge in [-0.1, -0.05) is 17.3 Å². The number of rotatable bonds is 4. The second-order valence-corrected chi connectivity index (χ2v) is 4.33. The average molecular weight is 206 g/mol. The van der Waals surface area contributed by atoms with E-state index in [1.165, 1.54) is 19.3 Å². The molecule has 1 unspecified atom stereocenters. The van der Waals surface area contributed by atoms with Gasteiger partial charge in [0.05, 0.1) is 12.7 Å². The summed E-state index contributed by atoms with van der Waals surface area (Å²) < 4.78 is 5.09. The molecule has 0 aromatic carbocycles. The molecule has 0 saturated heterocycles. The molecule has 0 aliphatic heterocycles. The number of hydrogen-bond acceptors (Lipinski definition) is 3. The molecule has 1 heterocycles. The van der Waals surface area contributed by atoms with Gasteiger partial charge in [0.25, 0.3) is 0 Å². The minimum absolute atomic E-state index is 0.808. The fourth-order valence-electron chi connectivity index (χ4n) is 2.12. The van der Waals surface area contributed by atoms with Crippen LogP contribution in [0.5, 0.6) is 0 Å². The molecule has 82 valence electrons. The SMILES string of the molecule is CN(Cc1ccno1)CC1CC=CCC1. The normalized spacial score (nSPS) is 21.1. The Bertz CT molecular complexity index is 305. The molecule has 0 saturated carbocycles. The molecule has 1 aliphatic rings. The van der Waals surface area contributed by atoms with Crippen molar-refractivity contribution in [3.05, 3.63) is 30.2 Å². The molecule has 15 heavy (non-hydrogen) atoms. The molecule has 0 radical (unpaired) electrons. The largest absolute Gasteiger partial charge is 0.360 e. The highest BCUT2D eigenvalue weighted by Gasteiger charge is 2.13. The van der Waals surface area contributed by atoms with Gasteiger partial charge in [0.2, 0.25) is 0 Å². The zero-order valence-electron chi connectivity index (χ0n) is 9.22. The van der Waals surface area contributed by atoms with E-state index in [1.54, 1.807) is 6.20 Å². The molecule has 1 aromatic rings. The van der Waals surface area contributed by atoms with Crippen LogP contribution in [0.25, 0.3) is 0 Å². The maximum atomic E-state index is 5.09. The summed E-state index contributed by atoms with van der Waals surface area (Å²) in [5.74, 6) is 1.76. The van der Waals surface area contributed by atoms with E-state index in [0.29, 0.717) is 0 Å². The number of allylic oxidation sites excluding steroid dienone is 2. The van der Waals surface area contributed by atoms with Gasteiger partial charge in [-0.25, -0.2) is 0 Å². The van der Waals surface area contributed by atoms with Gasteiger partial charge in [-0.15, -0.1) is 0 Å². The first-order valence-corrected chi connectivity index (χ1v) is 5.57. The molecule has 0 bridgehead atoms. The maximum absolute atomic E-state index is 5.09. The van der Waals surface area contributed by atoms with Crippen LogP contribution in [0.4, 0.5) is 0 Å². The van der Waals surface area contributed by atoms with Crippen LogP contribution in [0.3, 0.4) is 0 Å². The second-order valence-electron chi connectivity index (χ2n) is 4.33. The Labute approximate surface area is 90.7 Å². The van der Waals surface area contributed by atoms with Crippen LogP contribution >= 0.6 is 0 Å². The lowest BCUT2D eigenvalue weighted by Gasteiger charge is -2.23. The molecule has 0 N–H and O–H groups in total. The number of hydrogen-bond donors (Lipinski definition) is 0. The van der Waals surface area contributed by atoms with Crippen molar-refractivity contribution < 1.29 is 4.52 Å². The monoisotopic (exact) mass is 206 g/mol. The number of nitrogens with zero attached hydrogens (tertiary/aromatic N) is 2. The van der Waals surface area contributed by atoms with Crippen molar-refractivity contribution in [2.45, 2.75) is 25.8 Å². The first-order valence-electron chi connectivity index (χ1n) is 5.57. The molecule has 0 spiro atoms. The van der Waals surface area contributed by atoms with E-state index in [4.69, 9.17) is 4.52 Å². The van der Waals surface area contributed by atoms with Crippen LogP contribution < -0.4 is 0 Å². The van der Waals surface area contributed by atoms with E-state index < -0.39 is 0 Å². The van der Waals surface area contributed by atoms with Crippen molar-refractivity contribution in [3.8, 4) is 0 Å². The molecular formula is C12H18N2O. The van der Waals surface area contributed by atoms with E-state index in [2.05, 4.69) is 29.3 Å². The van der Waals surface area contributed by atoms with E-state index in [1.807, 2.05) is 6.07 Å². The smallest absolute Gasteiger partial charge is 0.150 e. The third kappa shape index (κ3) is 3.20. The summed E-state index contributed by atoms with van der Waals surface area (Å²) in [7, 11) is 2.14. The Morgan fingerprint density at radius 1 is 1.53 bits per heavy atom. The summed E-state index contributed by atoms with van der Waals surface area (Å²) in [6.45, 7) is 2.01. The van der Waals surface area contributed by atoms with Crippen molar-refractivity contribution in [2.75, 3.05) is 13.6 Å². The van der Waals surface area contributed by atoms with E-state index in [9.17, 15) is 0 Å². The zero-order valence-corrected chi connectivity index (χ0v) is 9.22. The van der Waals surface area contributed by atoms with Crippen molar-refractivity contribution in [1.82, 2.24) is 10.1 Å². The van der Waals surface area contributed by atoms with Gasteiger partial charge >= 0.3 is 0 Å². The topological polar surface area (TPSA) is 29.3 Å². The highest BCUT2D eigenvalue weighted by Crippen LogP contribution is 2.19. The lowest BCUT2D eigenvalue weighted by Crippen LogP contribution is -2.25. The predicted octanol–water partition coefficient (Wildman–Crippen LogP) is 2.46. The third-order valence-electron chi connectivity index (χ3n) is 2.86. The molecule has 0 fully saturated rings. The molecule has 0 amide bonds. The van der Waals surface area contributed by atoms with Crippen molar-refractivity contribution in [3.63, 3.8) is 0 Å². The Morgan fingerprint density at radius 2 is 2.47 bits per heavy atom. The third-order valence-corrected chi connectivity index (χ3v) is 2.86. The Balaban J connectivity index is 1.76. The summed E-state index contributed by atoms with van der Waals surface area (Å²) in [6, 6.07) is 1.93. The van der Waals surface area contributed by atoms with Crippen molar-refractivity contribution in [1.29, 1.82) is 0 Å². The summed E-state index contributed by atoms with van der Waals surface area (Å²) in [5, 5.41) is 3.71. The van der Waals surface area contributed by atoms with Crippen LogP contribution in [0.1, 0.15) is 25.0 Å². The Morgan fingerprint density at radius 3 is 3.13 bits per heavy atom. The molecule has 1 aromatic heterocycles. The van der Waals surface area contributed by atoms with Crippen molar-refractivity contribution in [2.24, 2.45) is 5.92 Å². The van der Waals surface area contributed by atoms with Crippen LogP contribution in [0.2, 0.25) is 0 Å². The average Bonchev–Trinajstić information content (AvgIpc) is 2.71.